The van der Waals surface area contributed by atoms with Crippen LogP contribution in [-0.4, -0.2) is 38.3 Å². The molecule has 0 radical (unpaired) electrons. The summed E-state index contributed by atoms with van der Waals surface area (Å²) in [6, 6.07) is 7.01. The molecule has 0 aliphatic carbocycles. The zero-order valence-electron chi connectivity index (χ0n) is 15.9. The van der Waals surface area contributed by atoms with Crippen molar-refractivity contribution in [1.82, 2.24) is 9.62 Å². The molecular formula is C20H32N2O3S. The topological polar surface area (TPSA) is 66.5 Å². The van der Waals surface area contributed by atoms with E-state index in [9.17, 15) is 13.2 Å². The molecule has 0 aromatic heterocycles. The molecule has 5 nitrogen and oxygen atoms in total. The van der Waals surface area contributed by atoms with Gasteiger partial charge in [0.25, 0.3) is 0 Å². The third-order valence-corrected chi connectivity index (χ3v) is 6.78. The van der Waals surface area contributed by atoms with Crippen molar-refractivity contribution in [3.8, 4) is 0 Å². The molecule has 0 saturated carbocycles. The first-order valence-corrected chi connectivity index (χ1v) is 11.3. The van der Waals surface area contributed by atoms with E-state index in [4.69, 9.17) is 0 Å². The molecule has 1 aromatic carbocycles. The predicted molar refractivity (Wildman–Crippen MR) is 105 cm³/mol. The standard InChI is InChI=1S/C20H32N2O3S/c1-2-3-6-15-21-20(23)14-11-18-9-12-19(13-10-18)26(24,25)22-16-7-4-5-8-17-22/h9-10,12-13H,2-8,11,14-17H2,1H3,(H,21,23). The Kier molecular flexibility index (Phi) is 8.59. The van der Waals surface area contributed by atoms with Gasteiger partial charge in [0.15, 0.2) is 0 Å². The average Bonchev–Trinajstić information content (AvgIpc) is 2.94. The lowest BCUT2D eigenvalue weighted by Crippen LogP contribution is -2.31. The van der Waals surface area contributed by atoms with Crippen molar-refractivity contribution in [2.24, 2.45) is 0 Å². The molecule has 0 bridgehead atoms. The average molecular weight is 381 g/mol. The van der Waals surface area contributed by atoms with E-state index in [2.05, 4.69) is 12.2 Å². The highest BCUT2D eigenvalue weighted by Gasteiger charge is 2.24. The molecule has 1 N–H and O–H groups in total. The van der Waals surface area contributed by atoms with E-state index in [1.807, 2.05) is 12.1 Å². The van der Waals surface area contributed by atoms with Crippen LogP contribution in [0, 0.1) is 0 Å². The third-order valence-electron chi connectivity index (χ3n) is 4.87. The highest BCUT2D eigenvalue weighted by atomic mass is 32.2. The third kappa shape index (κ3) is 6.40. The van der Waals surface area contributed by atoms with Crippen LogP contribution in [0.5, 0.6) is 0 Å². The Labute approximate surface area is 158 Å². The van der Waals surface area contributed by atoms with Crippen LogP contribution >= 0.6 is 0 Å². The number of carbonyl (C=O) groups is 1. The van der Waals surface area contributed by atoms with Gasteiger partial charge in [-0.2, -0.15) is 4.31 Å². The maximum atomic E-state index is 12.8. The molecule has 6 heteroatoms. The number of unbranched alkanes of at least 4 members (excludes halogenated alkanes) is 2. The van der Waals surface area contributed by atoms with Gasteiger partial charge < -0.3 is 5.32 Å². The largest absolute Gasteiger partial charge is 0.356 e. The van der Waals surface area contributed by atoms with Crippen LogP contribution in [0.3, 0.4) is 0 Å². The summed E-state index contributed by atoms with van der Waals surface area (Å²) < 4.78 is 27.1. The number of aryl methyl sites for hydroxylation is 1. The SMILES string of the molecule is CCCCCNC(=O)CCc1ccc(S(=O)(=O)N2CCCCCC2)cc1. The van der Waals surface area contributed by atoms with Crippen LogP contribution < -0.4 is 5.32 Å². The first-order valence-electron chi connectivity index (χ1n) is 9.90. The summed E-state index contributed by atoms with van der Waals surface area (Å²) in [7, 11) is -3.40. The summed E-state index contributed by atoms with van der Waals surface area (Å²) in [6.45, 7) is 4.10. The van der Waals surface area contributed by atoms with Gasteiger partial charge in [-0.3, -0.25) is 4.79 Å². The van der Waals surface area contributed by atoms with Crippen LogP contribution in [0.1, 0.15) is 63.9 Å². The fourth-order valence-electron chi connectivity index (χ4n) is 3.21. The second-order valence-corrected chi connectivity index (χ2v) is 8.96. The summed E-state index contributed by atoms with van der Waals surface area (Å²) in [5, 5.41) is 2.93. The van der Waals surface area contributed by atoms with Crippen molar-refractivity contribution in [1.29, 1.82) is 0 Å². The molecule has 1 fully saturated rings. The molecule has 146 valence electrons. The van der Waals surface area contributed by atoms with E-state index < -0.39 is 10.0 Å². The van der Waals surface area contributed by atoms with Gasteiger partial charge in [-0.1, -0.05) is 44.7 Å². The zero-order valence-corrected chi connectivity index (χ0v) is 16.7. The van der Waals surface area contributed by atoms with E-state index >= 15 is 0 Å². The number of carbonyl (C=O) groups excluding carboxylic acids is 1. The minimum Gasteiger partial charge on any atom is -0.356 e. The van der Waals surface area contributed by atoms with Crippen LogP contribution in [0.4, 0.5) is 0 Å². The van der Waals surface area contributed by atoms with Gasteiger partial charge in [-0.15, -0.1) is 0 Å². The number of amides is 1. The van der Waals surface area contributed by atoms with E-state index in [0.717, 1.165) is 57.1 Å². The lowest BCUT2D eigenvalue weighted by Gasteiger charge is -2.20. The summed E-state index contributed by atoms with van der Waals surface area (Å²) >= 11 is 0. The normalized spacial score (nSPS) is 16.2. The Hall–Kier alpha value is -1.40. The minimum atomic E-state index is -3.40. The van der Waals surface area contributed by atoms with E-state index in [-0.39, 0.29) is 5.91 Å². The Morgan fingerprint density at radius 1 is 1.04 bits per heavy atom. The van der Waals surface area contributed by atoms with E-state index in [0.29, 0.717) is 30.8 Å². The molecular weight excluding hydrogens is 348 g/mol. The fraction of sp³-hybridized carbons (Fsp3) is 0.650. The number of rotatable bonds is 9. The summed E-state index contributed by atoms with van der Waals surface area (Å²) in [5.74, 6) is 0.0577. The highest BCUT2D eigenvalue weighted by Crippen LogP contribution is 2.21. The summed E-state index contributed by atoms with van der Waals surface area (Å²) in [6.07, 6.45) is 8.43. The van der Waals surface area contributed by atoms with Gasteiger partial charge in [0, 0.05) is 26.1 Å². The molecule has 1 amide bonds. The van der Waals surface area contributed by atoms with Crippen molar-refractivity contribution >= 4 is 15.9 Å². The Balaban J connectivity index is 1.86. The first kappa shape index (κ1) is 20.9. The van der Waals surface area contributed by atoms with Gasteiger partial charge in [-0.05, 0) is 43.4 Å². The Morgan fingerprint density at radius 2 is 1.69 bits per heavy atom. The summed E-state index contributed by atoms with van der Waals surface area (Å²) in [5.41, 5.74) is 0.989. The number of hydrogen-bond acceptors (Lipinski definition) is 3. The molecule has 0 atom stereocenters. The lowest BCUT2D eigenvalue weighted by atomic mass is 10.1. The van der Waals surface area contributed by atoms with Crippen molar-refractivity contribution in [3.05, 3.63) is 29.8 Å². The number of nitrogens with one attached hydrogen (secondary N) is 1. The fourth-order valence-corrected chi connectivity index (χ4v) is 4.73. The molecule has 2 rings (SSSR count). The summed E-state index contributed by atoms with van der Waals surface area (Å²) in [4.78, 5) is 12.2. The van der Waals surface area contributed by atoms with Crippen molar-refractivity contribution < 1.29 is 13.2 Å². The molecule has 0 spiro atoms. The van der Waals surface area contributed by atoms with Crippen LogP contribution in [-0.2, 0) is 21.2 Å². The van der Waals surface area contributed by atoms with E-state index in [1.165, 1.54) is 0 Å². The Bertz CT molecular complexity index is 648. The first-order chi connectivity index (χ1) is 12.5. The number of benzene rings is 1. The second-order valence-electron chi connectivity index (χ2n) is 7.02. The molecule has 26 heavy (non-hydrogen) atoms. The predicted octanol–water partition coefficient (Wildman–Crippen LogP) is 3.49. The van der Waals surface area contributed by atoms with Gasteiger partial charge in [0.2, 0.25) is 15.9 Å². The molecule has 1 aliphatic heterocycles. The van der Waals surface area contributed by atoms with Crippen LogP contribution in [0.25, 0.3) is 0 Å². The van der Waals surface area contributed by atoms with Gasteiger partial charge in [-0.25, -0.2) is 8.42 Å². The quantitative estimate of drug-likeness (QED) is 0.667. The molecule has 1 heterocycles. The van der Waals surface area contributed by atoms with Crippen LogP contribution in [0.2, 0.25) is 0 Å². The minimum absolute atomic E-state index is 0.0577. The Morgan fingerprint density at radius 3 is 2.31 bits per heavy atom. The smallest absolute Gasteiger partial charge is 0.243 e. The van der Waals surface area contributed by atoms with Crippen molar-refractivity contribution in [2.75, 3.05) is 19.6 Å². The zero-order chi connectivity index (χ0) is 18.8. The van der Waals surface area contributed by atoms with E-state index in [1.54, 1.807) is 16.4 Å². The van der Waals surface area contributed by atoms with Crippen molar-refractivity contribution in [3.63, 3.8) is 0 Å². The van der Waals surface area contributed by atoms with Crippen LogP contribution in [0.15, 0.2) is 29.2 Å². The number of sulfonamides is 1. The van der Waals surface area contributed by atoms with Gasteiger partial charge in [0.05, 0.1) is 4.90 Å². The maximum Gasteiger partial charge on any atom is 0.243 e. The molecule has 1 saturated heterocycles. The molecule has 0 unspecified atom stereocenters. The maximum absolute atomic E-state index is 12.8. The molecule has 1 aliphatic rings. The number of hydrogen-bond donors (Lipinski definition) is 1. The lowest BCUT2D eigenvalue weighted by molar-refractivity contribution is -0.121. The van der Waals surface area contributed by atoms with Gasteiger partial charge >= 0.3 is 0 Å². The number of nitrogens with zero attached hydrogens (tertiary/aromatic N) is 1. The van der Waals surface area contributed by atoms with Gasteiger partial charge in [0.1, 0.15) is 0 Å². The van der Waals surface area contributed by atoms with Crippen molar-refractivity contribution in [2.45, 2.75) is 69.6 Å². The second kappa shape index (κ2) is 10.7. The molecule has 1 aromatic rings. The monoisotopic (exact) mass is 380 g/mol. The highest BCUT2D eigenvalue weighted by molar-refractivity contribution is 7.89.